The van der Waals surface area contributed by atoms with Crippen LogP contribution in [0.25, 0.3) is 0 Å². The van der Waals surface area contributed by atoms with Crippen molar-refractivity contribution in [3.05, 3.63) is 0 Å². The summed E-state index contributed by atoms with van der Waals surface area (Å²) in [5.74, 6) is 0. The van der Waals surface area contributed by atoms with Gasteiger partial charge >= 0.3 is 0 Å². The summed E-state index contributed by atoms with van der Waals surface area (Å²) in [6.45, 7) is 11.3. The number of β-amino-alcohol motifs (C(OH)–C–C–N with tert-alkyl or cyclic N) is 1. The topological polar surface area (TPSA) is 38.7 Å². The van der Waals surface area contributed by atoms with Crippen molar-refractivity contribution in [1.29, 1.82) is 0 Å². The Morgan fingerprint density at radius 3 is 2.71 bits per heavy atom. The fourth-order valence-corrected chi connectivity index (χ4v) is 2.40. The summed E-state index contributed by atoms with van der Waals surface area (Å²) in [4.78, 5) is 4.79. The average Bonchev–Trinajstić information content (AvgIpc) is 2.38. The minimum atomic E-state index is -0.261. The average molecular weight is 243 g/mol. The smallest absolute Gasteiger partial charge is 0.0791 e. The van der Waals surface area contributed by atoms with Gasteiger partial charge in [0.2, 0.25) is 0 Å². The number of hydrogen-bond acceptors (Lipinski definition) is 4. The molecule has 2 N–H and O–H groups in total. The third-order valence-corrected chi connectivity index (χ3v) is 3.39. The van der Waals surface area contributed by atoms with Crippen LogP contribution in [0, 0.1) is 0 Å². The normalized spacial score (nSPS) is 26.1. The van der Waals surface area contributed by atoms with E-state index in [-0.39, 0.29) is 6.10 Å². The van der Waals surface area contributed by atoms with E-state index in [2.05, 4.69) is 42.9 Å². The second-order valence-corrected chi connectivity index (χ2v) is 5.68. The summed E-state index contributed by atoms with van der Waals surface area (Å²) in [6, 6.07) is 0.980. The van der Waals surface area contributed by atoms with Crippen molar-refractivity contribution in [1.82, 2.24) is 15.1 Å². The highest BCUT2D eigenvalue weighted by Gasteiger charge is 2.21. The highest BCUT2D eigenvalue weighted by Crippen LogP contribution is 2.08. The minimum Gasteiger partial charge on any atom is -0.390 e. The summed E-state index contributed by atoms with van der Waals surface area (Å²) in [5, 5.41) is 13.3. The van der Waals surface area contributed by atoms with Gasteiger partial charge in [0, 0.05) is 31.7 Å². The molecule has 0 aromatic rings. The molecule has 0 saturated carbocycles. The van der Waals surface area contributed by atoms with Crippen molar-refractivity contribution in [3.8, 4) is 0 Å². The number of rotatable bonds is 5. The molecule has 1 fully saturated rings. The summed E-state index contributed by atoms with van der Waals surface area (Å²) in [5.41, 5.74) is 0. The van der Waals surface area contributed by atoms with Gasteiger partial charge < -0.3 is 15.3 Å². The predicted molar refractivity (Wildman–Crippen MR) is 72.3 cm³/mol. The Morgan fingerprint density at radius 1 is 1.35 bits per heavy atom. The molecule has 1 aliphatic rings. The molecule has 0 aromatic carbocycles. The quantitative estimate of drug-likeness (QED) is 0.732. The zero-order valence-electron chi connectivity index (χ0n) is 11.8. The van der Waals surface area contributed by atoms with Crippen molar-refractivity contribution >= 4 is 0 Å². The maximum Gasteiger partial charge on any atom is 0.0791 e. The van der Waals surface area contributed by atoms with Crippen LogP contribution in [0.3, 0.4) is 0 Å². The van der Waals surface area contributed by atoms with Crippen LogP contribution in [-0.2, 0) is 0 Å². The van der Waals surface area contributed by atoms with Gasteiger partial charge in [0.05, 0.1) is 6.10 Å². The standard InChI is InChI=1S/C13H29N3O/c1-11(2)14-8-13(17)10-16-7-5-6-15(4)9-12(16)3/h11-14,17H,5-10H2,1-4H3. The molecule has 0 spiro atoms. The molecule has 17 heavy (non-hydrogen) atoms. The maximum atomic E-state index is 10.0. The highest BCUT2D eigenvalue weighted by atomic mass is 16.3. The molecule has 1 saturated heterocycles. The fraction of sp³-hybridized carbons (Fsp3) is 1.00. The van der Waals surface area contributed by atoms with Crippen molar-refractivity contribution < 1.29 is 5.11 Å². The first kappa shape index (κ1) is 14.9. The summed E-state index contributed by atoms with van der Waals surface area (Å²) >= 11 is 0. The number of aliphatic hydroxyl groups is 1. The van der Waals surface area contributed by atoms with E-state index in [1.54, 1.807) is 0 Å². The lowest BCUT2D eigenvalue weighted by Crippen LogP contribution is -2.45. The van der Waals surface area contributed by atoms with Crippen molar-refractivity contribution in [2.24, 2.45) is 0 Å². The number of aliphatic hydroxyl groups excluding tert-OH is 1. The second-order valence-electron chi connectivity index (χ2n) is 5.68. The highest BCUT2D eigenvalue weighted by molar-refractivity contribution is 4.78. The Bertz CT molecular complexity index is 211. The van der Waals surface area contributed by atoms with Crippen LogP contribution in [0.5, 0.6) is 0 Å². The van der Waals surface area contributed by atoms with Crippen LogP contribution < -0.4 is 5.32 Å². The molecule has 1 rings (SSSR count). The molecule has 2 unspecified atom stereocenters. The van der Waals surface area contributed by atoms with Crippen molar-refractivity contribution in [2.45, 2.75) is 45.4 Å². The number of nitrogens with one attached hydrogen (secondary N) is 1. The molecule has 1 aliphatic heterocycles. The molecular formula is C13H29N3O. The van der Waals surface area contributed by atoms with Crippen LogP contribution in [0.2, 0.25) is 0 Å². The van der Waals surface area contributed by atoms with E-state index in [4.69, 9.17) is 0 Å². The van der Waals surface area contributed by atoms with Crippen LogP contribution in [-0.4, -0.2) is 72.9 Å². The summed E-state index contributed by atoms with van der Waals surface area (Å²) in [7, 11) is 2.18. The SMILES string of the molecule is CC(C)NCC(O)CN1CCCN(C)CC1C. The molecule has 2 atom stereocenters. The third-order valence-electron chi connectivity index (χ3n) is 3.39. The van der Waals surface area contributed by atoms with Gasteiger partial charge in [0.15, 0.2) is 0 Å². The molecule has 102 valence electrons. The van der Waals surface area contributed by atoms with Crippen LogP contribution in [0.1, 0.15) is 27.2 Å². The van der Waals surface area contributed by atoms with E-state index < -0.39 is 0 Å². The monoisotopic (exact) mass is 243 g/mol. The van der Waals surface area contributed by atoms with E-state index in [0.717, 1.165) is 19.6 Å². The van der Waals surface area contributed by atoms with Gasteiger partial charge in [0.1, 0.15) is 0 Å². The van der Waals surface area contributed by atoms with Gasteiger partial charge in [-0.2, -0.15) is 0 Å². The second kappa shape index (κ2) is 7.31. The molecule has 4 heteroatoms. The zero-order valence-corrected chi connectivity index (χ0v) is 11.8. The van der Waals surface area contributed by atoms with E-state index in [9.17, 15) is 5.11 Å². The van der Waals surface area contributed by atoms with Crippen LogP contribution in [0.15, 0.2) is 0 Å². The lowest BCUT2D eigenvalue weighted by molar-refractivity contribution is 0.0899. The third kappa shape index (κ3) is 5.82. The molecule has 0 amide bonds. The van der Waals surface area contributed by atoms with Gasteiger partial charge in [0.25, 0.3) is 0 Å². The first-order valence-corrected chi connectivity index (χ1v) is 6.83. The zero-order chi connectivity index (χ0) is 12.8. The predicted octanol–water partition coefficient (Wildman–Crippen LogP) is 0.371. The number of nitrogens with zero attached hydrogens (tertiary/aromatic N) is 2. The Hall–Kier alpha value is -0.160. The van der Waals surface area contributed by atoms with E-state index >= 15 is 0 Å². The number of hydrogen-bond donors (Lipinski definition) is 2. The lowest BCUT2D eigenvalue weighted by atomic mass is 10.2. The van der Waals surface area contributed by atoms with Crippen molar-refractivity contribution in [2.75, 3.05) is 39.8 Å². The summed E-state index contributed by atoms with van der Waals surface area (Å²) in [6.07, 6.45) is 0.939. The first-order chi connectivity index (χ1) is 7.99. The molecule has 1 heterocycles. The van der Waals surface area contributed by atoms with E-state index in [1.807, 2.05) is 0 Å². The number of likely N-dealkylation sites (N-methyl/N-ethyl adjacent to an activating group) is 1. The fourth-order valence-electron chi connectivity index (χ4n) is 2.40. The van der Waals surface area contributed by atoms with Gasteiger partial charge in [-0.15, -0.1) is 0 Å². The Balaban J connectivity index is 2.33. The van der Waals surface area contributed by atoms with E-state index in [0.29, 0.717) is 18.6 Å². The molecule has 0 bridgehead atoms. The molecule has 4 nitrogen and oxygen atoms in total. The molecule has 0 aliphatic carbocycles. The largest absolute Gasteiger partial charge is 0.390 e. The molecule has 0 radical (unpaired) electrons. The molecule has 0 aromatic heterocycles. The Morgan fingerprint density at radius 2 is 2.06 bits per heavy atom. The minimum absolute atomic E-state index is 0.261. The van der Waals surface area contributed by atoms with Crippen LogP contribution >= 0.6 is 0 Å². The Labute approximate surface area is 106 Å². The lowest BCUT2D eigenvalue weighted by Gasteiger charge is -2.30. The maximum absolute atomic E-state index is 10.0. The van der Waals surface area contributed by atoms with Gasteiger partial charge in [-0.05, 0) is 33.5 Å². The summed E-state index contributed by atoms with van der Waals surface area (Å²) < 4.78 is 0. The van der Waals surface area contributed by atoms with Crippen molar-refractivity contribution in [3.63, 3.8) is 0 Å². The van der Waals surface area contributed by atoms with Gasteiger partial charge in [-0.3, -0.25) is 4.90 Å². The van der Waals surface area contributed by atoms with Gasteiger partial charge in [-0.25, -0.2) is 0 Å². The Kier molecular flexibility index (Phi) is 6.41. The van der Waals surface area contributed by atoms with Crippen LogP contribution in [0.4, 0.5) is 0 Å². The van der Waals surface area contributed by atoms with Gasteiger partial charge in [-0.1, -0.05) is 13.8 Å². The molecular weight excluding hydrogens is 214 g/mol. The first-order valence-electron chi connectivity index (χ1n) is 6.83. The van der Waals surface area contributed by atoms with E-state index in [1.165, 1.54) is 13.0 Å².